The highest BCUT2D eigenvalue weighted by Crippen LogP contribution is 2.46. The topological polar surface area (TPSA) is 63.7 Å². The van der Waals surface area contributed by atoms with Crippen molar-refractivity contribution in [3.8, 4) is 5.75 Å². The number of halogens is 5. The van der Waals surface area contributed by atoms with Crippen LogP contribution in [0.1, 0.15) is 26.3 Å². The van der Waals surface area contributed by atoms with Crippen molar-refractivity contribution >= 4 is 98.8 Å². The van der Waals surface area contributed by atoms with Crippen LogP contribution < -0.4 is 9.64 Å². The van der Waals surface area contributed by atoms with Gasteiger partial charge in [-0.1, -0.05) is 23.7 Å². The lowest BCUT2D eigenvalue weighted by Crippen LogP contribution is -2.29. The van der Waals surface area contributed by atoms with Crippen molar-refractivity contribution in [1.29, 1.82) is 0 Å². The summed E-state index contributed by atoms with van der Waals surface area (Å²) < 4.78 is 7.57. The van der Waals surface area contributed by atoms with Crippen molar-refractivity contribution in [2.24, 2.45) is 0 Å². The summed E-state index contributed by atoms with van der Waals surface area (Å²) in [5, 5.41) is 0.588. The Morgan fingerprint density at radius 2 is 1.28 bits per heavy atom. The Balaban J connectivity index is 1.54. The van der Waals surface area contributed by atoms with Crippen LogP contribution in [0.4, 0.5) is 5.69 Å². The molecule has 2 amide bonds. The Bertz CT molecular complexity index is 1230. The van der Waals surface area contributed by atoms with Gasteiger partial charge in [0.15, 0.2) is 0 Å². The predicted molar refractivity (Wildman–Crippen MR) is 136 cm³/mol. The molecule has 3 aromatic carbocycles. The maximum atomic E-state index is 13.1. The molecule has 0 aliphatic carbocycles. The molecule has 0 aromatic heterocycles. The number of esters is 1. The Morgan fingerprint density at radius 3 is 1.78 bits per heavy atom. The van der Waals surface area contributed by atoms with E-state index in [-0.39, 0.29) is 17.5 Å². The molecule has 1 heterocycles. The van der Waals surface area contributed by atoms with Gasteiger partial charge in [-0.05, 0) is 106 Å². The number of imide groups is 1. The number of anilines is 1. The first-order chi connectivity index (χ1) is 15.2. The van der Waals surface area contributed by atoms with Gasteiger partial charge in [-0.2, -0.15) is 0 Å². The third-order valence-electron chi connectivity index (χ3n) is 4.69. The molecule has 0 spiro atoms. The van der Waals surface area contributed by atoms with Gasteiger partial charge in [0.1, 0.15) is 5.75 Å². The molecule has 0 saturated heterocycles. The molecule has 5 nitrogen and oxygen atoms in total. The molecule has 0 saturated carbocycles. The van der Waals surface area contributed by atoms with E-state index in [1.165, 1.54) is 12.1 Å². The molecule has 10 heteroatoms. The zero-order valence-electron chi connectivity index (χ0n) is 15.8. The summed E-state index contributed by atoms with van der Waals surface area (Å²) >= 11 is 19.4. The second-order valence-electron chi connectivity index (χ2n) is 6.72. The highest BCUT2D eigenvalue weighted by atomic mass is 79.9. The molecular formula is C22H10Br4ClNO4. The maximum absolute atomic E-state index is 13.1. The standard InChI is InChI=1S/C22H10Br4ClNO4/c23-17-15-16(18(24)20(26)19(17)25)22(31)28(21(15)30)12-5-7-13(8-6-12)32-14(29)9-10-1-3-11(27)4-2-10/h1-8H,9H2. The number of amides is 2. The minimum Gasteiger partial charge on any atom is -0.426 e. The van der Waals surface area contributed by atoms with Crippen LogP contribution in [0.3, 0.4) is 0 Å². The fourth-order valence-corrected chi connectivity index (χ4v) is 5.77. The van der Waals surface area contributed by atoms with E-state index in [9.17, 15) is 14.4 Å². The van der Waals surface area contributed by atoms with E-state index in [2.05, 4.69) is 63.7 Å². The minimum absolute atomic E-state index is 0.0864. The third kappa shape index (κ3) is 4.33. The summed E-state index contributed by atoms with van der Waals surface area (Å²) in [6, 6.07) is 13.1. The second kappa shape index (κ2) is 9.38. The van der Waals surface area contributed by atoms with Crippen molar-refractivity contribution in [3.05, 3.63) is 88.1 Å². The van der Waals surface area contributed by atoms with Crippen LogP contribution in [0.5, 0.6) is 5.75 Å². The normalized spacial score (nSPS) is 12.8. The number of benzene rings is 3. The van der Waals surface area contributed by atoms with E-state index < -0.39 is 17.8 Å². The van der Waals surface area contributed by atoms with Gasteiger partial charge >= 0.3 is 5.97 Å². The molecule has 1 aliphatic rings. The van der Waals surface area contributed by atoms with Crippen molar-refractivity contribution in [2.75, 3.05) is 4.90 Å². The lowest BCUT2D eigenvalue weighted by molar-refractivity contribution is -0.133. The first-order valence-electron chi connectivity index (χ1n) is 8.99. The highest BCUT2D eigenvalue weighted by molar-refractivity contribution is 9.15. The number of nitrogens with zero attached hydrogens (tertiary/aromatic N) is 1. The average Bonchev–Trinajstić information content (AvgIpc) is 3.03. The highest BCUT2D eigenvalue weighted by Gasteiger charge is 2.41. The molecule has 32 heavy (non-hydrogen) atoms. The molecule has 0 N–H and O–H groups in total. The number of hydrogen-bond acceptors (Lipinski definition) is 4. The van der Waals surface area contributed by atoms with Crippen molar-refractivity contribution in [3.63, 3.8) is 0 Å². The summed E-state index contributed by atoms with van der Waals surface area (Å²) in [6.07, 6.45) is 0.0864. The van der Waals surface area contributed by atoms with E-state index in [0.29, 0.717) is 34.4 Å². The van der Waals surface area contributed by atoms with Crippen LogP contribution >= 0.6 is 75.3 Å². The molecule has 3 aromatic rings. The van der Waals surface area contributed by atoms with E-state index in [1.54, 1.807) is 36.4 Å². The van der Waals surface area contributed by atoms with Crippen LogP contribution in [0.25, 0.3) is 0 Å². The van der Waals surface area contributed by atoms with E-state index in [0.717, 1.165) is 10.5 Å². The van der Waals surface area contributed by atoms with Crippen molar-refractivity contribution in [2.45, 2.75) is 6.42 Å². The molecule has 0 fully saturated rings. The number of carbonyl (C=O) groups excluding carboxylic acids is 3. The van der Waals surface area contributed by atoms with Gasteiger partial charge < -0.3 is 4.74 Å². The summed E-state index contributed by atoms with van der Waals surface area (Å²) in [4.78, 5) is 39.4. The molecule has 0 atom stereocenters. The first-order valence-corrected chi connectivity index (χ1v) is 12.5. The Labute approximate surface area is 221 Å². The first kappa shape index (κ1) is 23.6. The van der Waals surface area contributed by atoms with Crippen LogP contribution in [0.2, 0.25) is 5.02 Å². The Morgan fingerprint density at radius 1 is 0.781 bits per heavy atom. The number of ether oxygens (including phenoxy) is 1. The van der Waals surface area contributed by atoms with Crippen molar-refractivity contribution < 1.29 is 19.1 Å². The summed E-state index contributed by atoms with van der Waals surface area (Å²) in [7, 11) is 0. The zero-order valence-corrected chi connectivity index (χ0v) is 22.9. The number of fused-ring (bicyclic) bond motifs is 1. The quantitative estimate of drug-likeness (QED) is 0.0937. The average molecular weight is 707 g/mol. The largest absolute Gasteiger partial charge is 0.426 e. The maximum Gasteiger partial charge on any atom is 0.315 e. The molecule has 4 rings (SSSR count). The smallest absolute Gasteiger partial charge is 0.315 e. The zero-order chi connectivity index (χ0) is 23.2. The van der Waals surface area contributed by atoms with Gasteiger partial charge in [-0.25, -0.2) is 4.90 Å². The summed E-state index contributed by atoms with van der Waals surface area (Å²) in [5.41, 5.74) is 1.65. The van der Waals surface area contributed by atoms with Crippen LogP contribution in [0, 0.1) is 0 Å². The van der Waals surface area contributed by atoms with Crippen molar-refractivity contribution in [1.82, 2.24) is 0 Å². The van der Waals surface area contributed by atoms with Gasteiger partial charge in [0.05, 0.1) is 23.2 Å². The molecule has 0 radical (unpaired) electrons. The van der Waals surface area contributed by atoms with E-state index >= 15 is 0 Å². The van der Waals surface area contributed by atoms with Gasteiger partial charge in [-0.3, -0.25) is 14.4 Å². The molecule has 1 aliphatic heterocycles. The third-order valence-corrected chi connectivity index (χ3v) is 9.71. The SMILES string of the molecule is O=C(Cc1ccc(Cl)cc1)Oc1ccc(N2C(=O)c3c(Br)c(Br)c(Br)c(Br)c3C2=O)cc1. The van der Waals surface area contributed by atoms with Crippen LogP contribution in [0.15, 0.2) is 66.4 Å². The van der Waals surface area contributed by atoms with Gasteiger partial charge in [-0.15, -0.1) is 0 Å². The molecular weight excluding hydrogens is 697 g/mol. The lowest BCUT2D eigenvalue weighted by Gasteiger charge is -2.14. The summed E-state index contributed by atoms with van der Waals surface area (Å²) in [5.74, 6) is -1.06. The van der Waals surface area contributed by atoms with Gasteiger partial charge in [0.2, 0.25) is 0 Å². The minimum atomic E-state index is -0.460. The fourth-order valence-electron chi connectivity index (χ4n) is 3.18. The van der Waals surface area contributed by atoms with Gasteiger partial charge in [0, 0.05) is 22.9 Å². The van der Waals surface area contributed by atoms with Crippen LogP contribution in [-0.4, -0.2) is 17.8 Å². The predicted octanol–water partition coefficient (Wildman–Crippen LogP) is 7.34. The number of carbonyl (C=O) groups is 3. The molecule has 0 unspecified atom stereocenters. The molecule has 162 valence electrons. The lowest BCUT2D eigenvalue weighted by atomic mass is 10.1. The monoisotopic (exact) mass is 703 g/mol. The fraction of sp³-hybridized carbons (Fsp3) is 0.0455. The number of hydrogen-bond donors (Lipinski definition) is 0. The molecule has 0 bridgehead atoms. The Kier molecular flexibility index (Phi) is 6.93. The number of rotatable bonds is 4. The second-order valence-corrected chi connectivity index (χ2v) is 10.3. The van der Waals surface area contributed by atoms with Crippen LogP contribution in [-0.2, 0) is 11.2 Å². The van der Waals surface area contributed by atoms with Gasteiger partial charge in [0.25, 0.3) is 11.8 Å². The van der Waals surface area contributed by atoms with E-state index in [1.807, 2.05) is 0 Å². The Hall–Kier alpha value is -1.52. The van der Waals surface area contributed by atoms with E-state index in [4.69, 9.17) is 16.3 Å². The summed E-state index contributed by atoms with van der Waals surface area (Å²) in [6.45, 7) is 0.